The molecule has 0 fully saturated rings. The zero-order valence-corrected chi connectivity index (χ0v) is 10.9. The van der Waals surface area contributed by atoms with Gasteiger partial charge in [-0.25, -0.2) is 0 Å². The molecule has 16 heavy (non-hydrogen) atoms. The van der Waals surface area contributed by atoms with E-state index in [0.717, 1.165) is 6.54 Å². The molecule has 0 aliphatic heterocycles. The minimum atomic E-state index is -0.430. The van der Waals surface area contributed by atoms with Crippen molar-refractivity contribution in [3.8, 4) is 0 Å². The highest BCUT2D eigenvalue weighted by Gasteiger charge is 2.07. The molecule has 4 heteroatoms. The highest BCUT2D eigenvalue weighted by molar-refractivity contribution is 4.59. The van der Waals surface area contributed by atoms with Gasteiger partial charge in [-0.2, -0.15) is 0 Å². The third-order valence-corrected chi connectivity index (χ3v) is 2.31. The van der Waals surface area contributed by atoms with Crippen LogP contribution in [-0.2, 0) is 9.47 Å². The van der Waals surface area contributed by atoms with Crippen LogP contribution in [0.1, 0.15) is 33.1 Å². The lowest BCUT2D eigenvalue weighted by molar-refractivity contribution is -0.0310. The first-order chi connectivity index (χ1) is 7.70. The van der Waals surface area contributed by atoms with Crippen LogP contribution in [0.15, 0.2) is 0 Å². The maximum absolute atomic E-state index is 9.59. The molecule has 0 aliphatic rings. The molecule has 0 rings (SSSR count). The summed E-state index contributed by atoms with van der Waals surface area (Å²) in [6.45, 7) is 6.62. The molecule has 0 aromatic carbocycles. The number of rotatable bonds is 11. The van der Waals surface area contributed by atoms with Gasteiger partial charge < -0.3 is 19.9 Å². The van der Waals surface area contributed by atoms with E-state index in [1.165, 1.54) is 19.3 Å². The van der Waals surface area contributed by atoms with Crippen LogP contribution in [0.5, 0.6) is 0 Å². The Morgan fingerprint density at radius 2 is 2.00 bits per heavy atom. The zero-order valence-electron chi connectivity index (χ0n) is 10.9. The molecule has 0 amide bonds. The summed E-state index contributed by atoms with van der Waals surface area (Å²) in [5, 5.41) is 12.8. The minimum Gasteiger partial charge on any atom is -0.389 e. The second-order valence-corrected chi connectivity index (χ2v) is 4.16. The van der Waals surface area contributed by atoms with E-state index in [0.29, 0.717) is 19.8 Å². The molecule has 4 nitrogen and oxygen atoms in total. The SMILES string of the molecule is CCCCCNCC(O)COC(C)COC. The van der Waals surface area contributed by atoms with E-state index >= 15 is 0 Å². The molecule has 0 radical (unpaired) electrons. The van der Waals surface area contributed by atoms with E-state index in [-0.39, 0.29) is 6.10 Å². The summed E-state index contributed by atoms with van der Waals surface area (Å²) in [6.07, 6.45) is 3.25. The summed E-state index contributed by atoms with van der Waals surface area (Å²) in [6, 6.07) is 0. The summed E-state index contributed by atoms with van der Waals surface area (Å²) in [5.74, 6) is 0. The molecule has 2 atom stereocenters. The number of unbranched alkanes of at least 4 members (excludes halogenated alkanes) is 2. The van der Waals surface area contributed by atoms with Crippen molar-refractivity contribution < 1.29 is 14.6 Å². The first-order valence-corrected chi connectivity index (χ1v) is 6.20. The molecule has 0 aromatic rings. The second-order valence-electron chi connectivity index (χ2n) is 4.16. The van der Waals surface area contributed by atoms with Gasteiger partial charge in [-0.1, -0.05) is 19.8 Å². The van der Waals surface area contributed by atoms with Crippen molar-refractivity contribution in [3.63, 3.8) is 0 Å². The number of nitrogens with one attached hydrogen (secondary N) is 1. The molecular weight excluding hydrogens is 206 g/mol. The Hall–Kier alpha value is -0.160. The fraction of sp³-hybridized carbons (Fsp3) is 1.00. The molecule has 2 N–H and O–H groups in total. The van der Waals surface area contributed by atoms with Crippen LogP contribution in [0.3, 0.4) is 0 Å². The maximum atomic E-state index is 9.59. The molecule has 0 spiro atoms. The van der Waals surface area contributed by atoms with Crippen molar-refractivity contribution in [2.75, 3.05) is 33.4 Å². The van der Waals surface area contributed by atoms with Crippen molar-refractivity contribution >= 4 is 0 Å². The lowest BCUT2D eigenvalue weighted by atomic mass is 10.2. The van der Waals surface area contributed by atoms with Gasteiger partial charge in [0.05, 0.1) is 25.4 Å². The van der Waals surface area contributed by atoms with Crippen LogP contribution < -0.4 is 5.32 Å². The van der Waals surface area contributed by atoms with Crippen LogP contribution in [0.2, 0.25) is 0 Å². The van der Waals surface area contributed by atoms with Crippen molar-refractivity contribution in [1.82, 2.24) is 5.32 Å². The normalized spacial score (nSPS) is 15.0. The number of aliphatic hydroxyl groups is 1. The van der Waals surface area contributed by atoms with Gasteiger partial charge in [0.25, 0.3) is 0 Å². The van der Waals surface area contributed by atoms with Gasteiger partial charge in [0.15, 0.2) is 0 Å². The van der Waals surface area contributed by atoms with Gasteiger partial charge >= 0.3 is 0 Å². The Bertz CT molecular complexity index is 144. The fourth-order valence-electron chi connectivity index (χ4n) is 1.39. The second kappa shape index (κ2) is 11.3. The lowest BCUT2D eigenvalue weighted by Crippen LogP contribution is -2.32. The van der Waals surface area contributed by atoms with Crippen LogP contribution >= 0.6 is 0 Å². The van der Waals surface area contributed by atoms with Crippen molar-refractivity contribution in [3.05, 3.63) is 0 Å². The minimum absolute atomic E-state index is 0.0414. The Balaban J connectivity index is 3.27. The number of aliphatic hydroxyl groups excluding tert-OH is 1. The monoisotopic (exact) mass is 233 g/mol. The van der Waals surface area contributed by atoms with Gasteiger partial charge in [0.2, 0.25) is 0 Å². The Morgan fingerprint density at radius 3 is 2.62 bits per heavy atom. The average Bonchev–Trinajstić information content (AvgIpc) is 2.26. The Kier molecular flexibility index (Phi) is 11.2. The van der Waals surface area contributed by atoms with E-state index < -0.39 is 6.10 Å². The number of ether oxygens (including phenoxy) is 2. The number of hydrogen-bond acceptors (Lipinski definition) is 4. The van der Waals surface area contributed by atoms with E-state index in [2.05, 4.69) is 12.2 Å². The quantitative estimate of drug-likeness (QED) is 0.526. The van der Waals surface area contributed by atoms with Crippen LogP contribution in [0, 0.1) is 0 Å². The molecule has 2 unspecified atom stereocenters. The van der Waals surface area contributed by atoms with Crippen molar-refractivity contribution in [2.24, 2.45) is 0 Å². The fourth-order valence-corrected chi connectivity index (χ4v) is 1.39. The molecule has 0 heterocycles. The summed E-state index contributed by atoms with van der Waals surface area (Å²) >= 11 is 0. The highest BCUT2D eigenvalue weighted by atomic mass is 16.5. The third-order valence-electron chi connectivity index (χ3n) is 2.31. The summed E-state index contributed by atoms with van der Waals surface area (Å²) < 4.78 is 10.3. The van der Waals surface area contributed by atoms with Gasteiger partial charge in [0.1, 0.15) is 0 Å². The molecule has 0 aromatic heterocycles. The molecule has 98 valence electrons. The highest BCUT2D eigenvalue weighted by Crippen LogP contribution is 1.94. The lowest BCUT2D eigenvalue weighted by Gasteiger charge is -2.16. The van der Waals surface area contributed by atoms with E-state index in [1.807, 2.05) is 6.92 Å². The van der Waals surface area contributed by atoms with Crippen molar-refractivity contribution in [2.45, 2.75) is 45.3 Å². The number of hydrogen-bond donors (Lipinski definition) is 2. The summed E-state index contributed by atoms with van der Waals surface area (Å²) in [4.78, 5) is 0. The van der Waals surface area contributed by atoms with Crippen LogP contribution in [0.25, 0.3) is 0 Å². The molecular formula is C12H27NO3. The smallest absolute Gasteiger partial charge is 0.0897 e. The first kappa shape index (κ1) is 15.8. The average molecular weight is 233 g/mol. The molecule has 0 saturated carbocycles. The Labute approximate surface area is 99.3 Å². The van der Waals surface area contributed by atoms with Crippen LogP contribution in [0.4, 0.5) is 0 Å². The van der Waals surface area contributed by atoms with Gasteiger partial charge in [0, 0.05) is 13.7 Å². The summed E-state index contributed by atoms with van der Waals surface area (Å²) in [7, 11) is 1.64. The molecule has 0 saturated heterocycles. The summed E-state index contributed by atoms with van der Waals surface area (Å²) in [5.41, 5.74) is 0. The zero-order chi connectivity index (χ0) is 12.2. The third kappa shape index (κ3) is 10.4. The first-order valence-electron chi connectivity index (χ1n) is 6.20. The van der Waals surface area contributed by atoms with Crippen LogP contribution in [-0.4, -0.2) is 50.7 Å². The van der Waals surface area contributed by atoms with E-state index in [1.54, 1.807) is 7.11 Å². The maximum Gasteiger partial charge on any atom is 0.0897 e. The standard InChI is InChI=1S/C12H27NO3/c1-4-5-6-7-13-8-12(14)10-16-11(2)9-15-3/h11-14H,4-10H2,1-3H3. The Morgan fingerprint density at radius 1 is 1.25 bits per heavy atom. The van der Waals surface area contributed by atoms with Gasteiger partial charge in [-0.15, -0.1) is 0 Å². The van der Waals surface area contributed by atoms with E-state index in [4.69, 9.17) is 9.47 Å². The number of methoxy groups -OCH3 is 1. The largest absolute Gasteiger partial charge is 0.389 e. The van der Waals surface area contributed by atoms with Crippen molar-refractivity contribution in [1.29, 1.82) is 0 Å². The molecule has 0 bridgehead atoms. The molecule has 0 aliphatic carbocycles. The van der Waals surface area contributed by atoms with E-state index in [9.17, 15) is 5.11 Å². The van der Waals surface area contributed by atoms with Gasteiger partial charge in [-0.3, -0.25) is 0 Å². The topological polar surface area (TPSA) is 50.7 Å². The predicted octanol–water partition coefficient (Wildman–Crippen LogP) is 1.18. The predicted molar refractivity (Wildman–Crippen MR) is 65.7 cm³/mol. The van der Waals surface area contributed by atoms with Gasteiger partial charge in [-0.05, 0) is 19.9 Å².